The molecule has 0 fully saturated rings. The van der Waals surface area contributed by atoms with Crippen LogP contribution in [0.3, 0.4) is 0 Å². The number of nitrogens with zero attached hydrogens (tertiary/aromatic N) is 1. The summed E-state index contributed by atoms with van der Waals surface area (Å²) in [7, 11) is 0. The van der Waals surface area contributed by atoms with Crippen LogP contribution in [-0.4, -0.2) is 24.0 Å². The standard InChI is InChI=1S/C13H17IN2O/c1-4-16(9-10(2)3)13(17)15-12-7-5-6-11(14)8-12/h5-8H,2,4,9H2,1,3H3,(H,15,17). The molecule has 0 saturated carbocycles. The molecule has 0 aliphatic carbocycles. The smallest absolute Gasteiger partial charge is 0.321 e. The third kappa shape index (κ3) is 4.77. The lowest BCUT2D eigenvalue weighted by atomic mass is 10.3. The minimum absolute atomic E-state index is 0.0856. The van der Waals surface area contributed by atoms with Crippen LogP contribution >= 0.6 is 22.6 Å². The van der Waals surface area contributed by atoms with Crippen molar-refractivity contribution in [1.29, 1.82) is 0 Å². The molecule has 92 valence electrons. The zero-order chi connectivity index (χ0) is 12.8. The summed E-state index contributed by atoms with van der Waals surface area (Å²) >= 11 is 2.22. The molecule has 4 heteroatoms. The lowest BCUT2D eigenvalue weighted by molar-refractivity contribution is 0.218. The number of benzene rings is 1. The van der Waals surface area contributed by atoms with Crippen molar-refractivity contribution in [3.63, 3.8) is 0 Å². The van der Waals surface area contributed by atoms with Crippen LogP contribution in [0.15, 0.2) is 36.4 Å². The lowest BCUT2D eigenvalue weighted by Gasteiger charge is -2.21. The van der Waals surface area contributed by atoms with E-state index < -0.39 is 0 Å². The van der Waals surface area contributed by atoms with Crippen LogP contribution in [0.5, 0.6) is 0 Å². The summed E-state index contributed by atoms with van der Waals surface area (Å²) < 4.78 is 1.10. The number of carbonyl (C=O) groups excluding carboxylic acids is 1. The lowest BCUT2D eigenvalue weighted by Crippen LogP contribution is -2.35. The molecule has 2 amide bonds. The summed E-state index contributed by atoms with van der Waals surface area (Å²) in [6.45, 7) is 8.96. The molecule has 0 saturated heterocycles. The number of rotatable bonds is 4. The molecule has 0 spiro atoms. The van der Waals surface area contributed by atoms with E-state index in [9.17, 15) is 4.79 Å². The highest BCUT2D eigenvalue weighted by atomic mass is 127. The normalized spacial score (nSPS) is 9.82. The maximum Gasteiger partial charge on any atom is 0.322 e. The average Bonchev–Trinajstić information content (AvgIpc) is 2.25. The van der Waals surface area contributed by atoms with Crippen LogP contribution in [0, 0.1) is 3.57 Å². The summed E-state index contributed by atoms with van der Waals surface area (Å²) in [6.07, 6.45) is 0. The Morgan fingerprint density at radius 2 is 2.24 bits per heavy atom. The molecular weight excluding hydrogens is 327 g/mol. The summed E-state index contributed by atoms with van der Waals surface area (Å²) in [5.74, 6) is 0. The third-order valence-corrected chi connectivity index (χ3v) is 2.88. The number of carbonyl (C=O) groups is 1. The quantitative estimate of drug-likeness (QED) is 0.655. The molecule has 1 aromatic rings. The predicted octanol–water partition coefficient (Wildman–Crippen LogP) is 3.72. The van der Waals surface area contributed by atoms with Gasteiger partial charge in [-0.2, -0.15) is 0 Å². The minimum atomic E-state index is -0.0856. The van der Waals surface area contributed by atoms with E-state index in [4.69, 9.17) is 0 Å². The number of hydrogen-bond donors (Lipinski definition) is 1. The highest BCUT2D eigenvalue weighted by Crippen LogP contribution is 2.13. The van der Waals surface area contributed by atoms with Gasteiger partial charge in [0.05, 0.1) is 0 Å². The summed E-state index contributed by atoms with van der Waals surface area (Å²) in [5.41, 5.74) is 1.80. The molecule has 1 N–H and O–H groups in total. The maximum atomic E-state index is 12.0. The fourth-order valence-corrected chi connectivity index (χ4v) is 1.96. The Bertz CT molecular complexity index is 418. The van der Waals surface area contributed by atoms with Gasteiger partial charge in [0.15, 0.2) is 0 Å². The minimum Gasteiger partial charge on any atom is -0.321 e. The largest absolute Gasteiger partial charge is 0.322 e. The molecular formula is C13H17IN2O. The van der Waals surface area contributed by atoms with E-state index in [1.54, 1.807) is 4.90 Å². The van der Waals surface area contributed by atoms with Crippen molar-refractivity contribution >= 4 is 34.3 Å². The van der Waals surface area contributed by atoms with Crippen molar-refractivity contribution in [3.8, 4) is 0 Å². The fraction of sp³-hybridized carbons (Fsp3) is 0.308. The summed E-state index contributed by atoms with van der Waals surface area (Å²) in [6, 6.07) is 7.65. The van der Waals surface area contributed by atoms with Gasteiger partial charge in [-0.3, -0.25) is 0 Å². The molecule has 0 aliphatic rings. The molecule has 0 atom stereocenters. The molecule has 3 nitrogen and oxygen atoms in total. The highest BCUT2D eigenvalue weighted by Gasteiger charge is 2.11. The number of likely N-dealkylation sites (N-methyl/N-ethyl adjacent to an activating group) is 1. The molecule has 0 heterocycles. The Kier molecular flexibility index (Phi) is 5.47. The Balaban J connectivity index is 2.67. The van der Waals surface area contributed by atoms with Crippen LogP contribution in [0.1, 0.15) is 13.8 Å². The van der Waals surface area contributed by atoms with E-state index in [0.29, 0.717) is 13.1 Å². The fourth-order valence-electron chi connectivity index (χ4n) is 1.42. The van der Waals surface area contributed by atoms with Crippen LogP contribution < -0.4 is 5.32 Å². The van der Waals surface area contributed by atoms with Gasteiger partial charge in [0.1, 0.15) is 0 Å². The second-order valence-electron chi connectivity index (χ2n) is 3.91. The highest BCUT2D eigenvalue weighted by molar-refractivity contribution is 14.1. The van der Waals surface area contributed by atoms with Crippen LogP contribution in [0.4, 0.5) is 10.5 Å². The van der Waals surface area contributed by atoms with Crippen molar-refractivity contribution in [1.82, 2.24) is 4.90 Å². The van der Waals surface area contributed by atoms with Gasteiger partial charge >= 0.3 is 6.03 Å². The number of urea groups is 1. The van der Waals surface area contributed by atoms with Crippen LogP contribution in [0.25, 0.3) is 0 Å². The first-order valence-corrected chi connectivity index (χ1v) is 6.56. The second kappa shape index (κ2) is 6.64. The molecule has 0 unspecified atom stereocenters. The van der Waals surface area contributed by atoms with E-state index in [1.807, 2.05) is 38.1 Å². The number of anilines is 1. The topological polar surface area (TPSA) is 32.3 Å². The number of amides is 2. The Morgan fingerprint density at radius 3 is 2.76 bits per heavy atom. The number of hydrogen-bond acceptors (Lipinski definition) is 1. The Labute approximate surface area is 116 Å². The van der Waals surface area contributed by atoms with Gasteiger partial charge in [0.25, 0.3) is 0 Å². The van der Waals surface area contributed by atoms with Crippen LogP contribution in [-0.2, 0) is 0 Å². The molecule has 0 bridgehead atoms. The van der Waals surface area contributed by atoms with E-state index in [1.165, 1.54) is 0 Å². The third-order valence-electron chi connectivity index (χ3n) is 2.21. The van der Waals surface area contributed by atoms with Crippen LogP contribution in [0.2, 0.25) is 0 Å². The van der Waals surface area contributed by atoms with Gasteiger partial charge in [-0.1, -0.05) is 18.2 Å². The maximum absolute atomic E-state index is 12.0. The van der Waals surface area contributed by atoms with E-state index in [0.717, 1.165) is 14.8 Å². The van der Waals surface area contributed by atoms with Crippen molar-refractivity contribution in [2.24, 2.45) is 0 Å². The van der Waals surface area contributed by atoms with Crippen molar-refractivity contribution in [2.45, 2.75) is 13.8 Å². The Morgan fingerprint density at radius 1 is 1.53 bits per heavy atom. The van der Waals surface area contributed by atoms with Gasteiger partial charge in [-0.25, -0.2) is 4.79 Å². The van der Waals surface area contributed by atoms with Gasteiger partial charge in [0, 0.05) is 22.3 Å². The van der Waals surface area contributed by atoms with E-state index in [2.05, 4.69) is 34.5 Å². The molecule has 0 radical (unpaired) electrons. The van der Waals surface area contributed by atoms with E-state index in [-0.39, 0.29) is 6.03 Å². The van der Waals surface area contributed by atoms with Crippen molar-refractivity contribution < 1.29 is 4.79 Å². The van der Waals surface area contributed by atoms with Gasteiger partial charge < -0.3 is 10.2 Å². The molecule has 1 rings (SSSR count). The molecule has 17 heavy (non-hydrogen) atoms. The monoisotopic (exact) mass is 344 g/mol. The zero-order valence-corrected chi connectivity index (χ0v) is 12.3. The Hall–Kier alpha value is -1.04. The molecule has 0 aliphatic heterocycles. The average molecular weight is 344 g/mol. The van der Waals surface area contributed by atoms with E-state index >= 15 is 0 Å². The predicted molar refractivity (Wildman–Crippen MR) is 80.2 cm³/mol. The first-order valence-electron chi connectivity index (χ1n) is 5.48. The molecule has 1 aromatic carbocycles. The zero-order valence-electron chi connectivity index (χ0n) is 10.2. The summed E-state index contributed by atoms with van der Waals surface area (Å²) in [5, 5.41) is 2.88. The number of halogens is 1. The van der Waals surface area contributed by atoms with Gasteiger partial charge in [-0.05, 0) is 54.6 Å². The first-order chi connectivity index (χ1) is 8.02. The van der Waals surface area contributed by atoms with Crippen molar-refractivity contribution in [2.75, 3.05) is 18.4 Å². The first kappa shape index (κ1) is 14.0. The SMILES string of the molecule is C=C(C)CN(CC)C(=O)Nc1cccc(I)c1. The number of nitrogens with one attached hydrogen (secondary N) is 1. The van der Waals surface area contributed by atoms with Crippen molar-refractivity contribution in [3.05, 3.63) is 40.0 Å². The second-order valence-corrected chi connectivity index (χ2v) is 5.16. The summed E-state index contributed by atoms with van der Waals surface area (Å²) in [4.78, 5) is 13.7. The molecule has 0 aromatic heterocycles. The van der Waals surface area contributed by atoms with Gasteiger partial charge in [0.2, 0.25) is 0 Å². The van der Waals surface area contributed by atoms with Gasteiger partial charge in [-0.15, -0.1) is 0 Å².